The van der Waals surface area contributed by atoms with E-state index in [-0.39, 0.29) is 18.0 Å². The Balaban J connectivity index is 2.41. The molecule has 0 radical (unpaired) electrons. The lowest BCUT2D eigenvalue weighted by Gasteiger charge is -2.34. The molecule has 2 N–H and O–H groups in total. The van der Waals surface area contributed by atoms with Gasteiger partial charge in [0.2, 0.25) is 5.91 Å². The molecular weight excluding hydrogens is 396 g/mol. The van der Waals surface area contributed by atoms with Crippen molar-refractivity contribution in [1.29, 1.82) is 0 Å². The first kappa shape index (κ1) is 27.0. The average Bonchev–Trinajstić information content (AvgIpc) is 2.67. The third-order valence-electron chi connectivity index (χ3n) is 5.38. The SMILES string of the molecule is CN=C(NCCN1CCN(C(C)=O)CC1)N(C)CCC(NC(=O)OC(C)(C)C)C(C)C. The molecule has 1 aliphatic heterocycles. The Labute approximate surface area is 188 Å². The van der Waals surface area contributed by atoms with Gasteiger partial charge in [-0.25, -0.2) is 4.79 Å². The summed E-state index contributed by atoms with van der Waals surface area (Å²) in [6, 6.07) is 0.0213. The molecular formula is C22H44N6O3. The molecule has 31 heavy (non-hydrogen) atoms. The van der Waals surface area contributed by atoms with Crippen LogP contribution in [0.3, 0.4) is 0 Å². The van der Waals surface area contributed by atoms with Gasteiger partial charge >= 0.3 is 6.09 Å². The van der Waals surface area contributed by atoms with Crippen LogP contribution in [0.5, 0.6) is 0 Å². The van der Waals surface area contributed by atoms with Gasteiger partial charge in [0, 0.05) is 72.9 Å². The van der Waals surface area contributed by atoms with Crippen LogP contribution in [-0.4, -0.2) is 104 Å². The van der Waals surface area contributed by atoms with E-state index < -0.39 is 5.60 Å². The summed E-state index contributed by atoms with van der Waals surface area (Å²) < 4.78 is 5.40. The zero-order valence-electron chi connectivity index (χ0n) is 20.8. The van der Waals surface area contributed by atoms with Gasteiger partial charge in [0.05, 0.1) is 0 Å². The van der Waals surface area contributed by atoms with E-state index in [1.54, 1.807) is 14.0 Å². The summed E-state index contributed by atoms with van der Waals surface area (Å²) in [5.74, 6) is 1.28. The number of carbonyl (C=O) groups is 2. The van der Waals surface area contributed by atoms with E-state index in [0.717, 1.165) is 58.2 Å². The first-order valence-electron chi connectivity index (χ1n) is 11.3. The number of nitrogens with zero attached hydrogens (tertiary/aromatic N) is 4. The summed E-state index contributed by atoms with van der Waals surface area (Å²) in [7, 11) is 3.79. The van der Waals surface area contributed by atoms with Crippen LogP contribution in [0.1, 0.15) is 48.0 Å². The van der Waals surface area contributed by atoms with Gasteiger partial charge in [-0.3, -0.25) is 14.7 Å². The van der Waals surface area contributed by atoms with Gasteiger partial charge in [-0.05, 0) is 33.1 Å². The number of alkyl carbamates (subject to hydrolysis) is 1. The molecule has 0 aromatic carbocycles. The fourth-order valence-corrected chi connectivity index (χ4v) is 3.47. The molecule has 1 saturated heterocycles. The molecule has 1 atom stereocenters. The van der Waals surface area contributed by atoms with E-state index in [0.29, 0.717) is 5.92 Å². The topological polar surface area (TPSA) is 89.5 Å². The summed E-state index contributed by atoms with van der Waals surface area (Å²) >= 11 is 0. The van der Waals surface area contributed by atoms with E-state index in [1.807, 2.05) is 32.7 Å². The maximum absolute atomic E-state index is 12.1. The van der Waals surface area contributed by atoms with E-state index in [1.165, 1.54) is 0 Å². The predicted molar refractivity (Wildman–Crippen MR) is 125 cm³/mol. The van der Waals surface area contributed by atoms with Crippen molar-refractivity contribution in [3.8, 4) is 0 Å². The minimum absolute atomic E-state index is 0.0213. The van der Waals surface area contributed by atoms with Crippen LogP contribution in [0.4, 0.5) is 4.79 Å². The highest BCUT2D eigenvalue weighted by atomic mass is 16.6. The second kappa shape index (κ2) is 12.7. The Kier molecular flexibility index (Phi) is 11.1. The molecule has 0 spiro atoms. The zero-order valence-corrected chi connectivity index (χ0v) is 20.8. The molecule has 1 heterocycles. The van der Waals surface area contributed by atoms with Gasteiger partial charge in [0.1, 0.15) is 5.60 Å². The van der Waals surface area contributed by atoms with Crippen LogP contribution in [0.25, 0.3) is 0 Å². The van der Waals surface area contributed by atoms with Crippen molar-refractivity contribution < 1.29 is 14.3 Å². The van der Waals surface area contributed by atoms with Crippen molar-refractivity contribution in [2.24, 2.45) is 10.9 Å². The van der Waals surface area contributed by atoms with E-state index >= 15 is 0 Å². The number of ether oxygens (including phenoxy) is 1. The number of hydrogen-bond donors (Lipinski definition) is 2. The molecule has 180 valence electrons. The normalized spacial score (nSPS) is 16.8. The second-order valence-electron chi connectivity index (χ2n) is 9.53. The number of hydrogen-bond acceptors (Lipinski definition) is 5. The Hall–Kier alpha value is -2.03. The third-order valence-corrected chi connectivity index (χ3v) is 5.38. The lowest BCUT2D eigenvalue weighted by atomic mass is 10.0. The molecule has 0 aliphatic carbocycles. The molecule has 2 amide bonds. The maximum Gasteiger partial charge on any atom is 0.407 e. The number of aliphatic imine (C=N–C) groups is 1. The summed E-state index contributed by atoms with van der Waals surface area (Å²) in [4.78, 5) is 34.3. The fraction of sp³-hybridized carbons (Fsp3) is 0.864. The Morgan fingerprint density at radius 2 is 1.77 bits per heavy atom. The number of rotatable bonds is 8. The van der Waals surface area contributed by atoms with Gasteiger partial charge in [-0.1, -0.05) is 13.8 Å². The third kappa shape index (κ3) is 10.7. The van der Waals surface area contributed by atoms with Crippen LogP contribution >= 0.6 is 0 Å². The van der Waals surface area contributed by atoms with Crippen molar-refractivity contribution in [1.82, 2.24) is 25.3 Å². The van der Waals surface area contributed by atoms with Crippen molar-refractivity contribution in [3.63, 3.8) is 0 Å². The molecule has 9 nitrogen and oxygen atoms in total. The quantitative estimate of drug-likeness (QED) is 0.440. The molecule has 1 fully saturated rings. The minimum Gasteiger partial charge on any atom is -0.444 e. The molecule has 0 aromatic heterocycles. The van der Waals surface area contributed by atoms with Gasteiger partial charge in [-0.15, -0.1) is 0 Å². The van der Waals surface area contributed by atoms with Crippen molar-refractivity contribution in [2.75, 3.05) is 59.9 Å². The second-order valence-corrected chi connectivity index (χ2v) is 9.53. The smallest absolute Gasteiger partial charge is 0.407 e. The Morgan fingerprint density at radius 1 is 1.16 bits per heavy atom. The first-order chi connectivity index (χ1) is 14.4. The van der Waals surface area contributed by atoms with E-state index in [9.17, 15) is 9.59 Å². The van der Waals surface area contributed by atoms with Crippen molar-refractivity contribution in [3.05, 3.63) is 0 Å². The van der Waals surface area contributed by atoms with Gasteiger partial charge in [0.15, 0.2) is 5.96 Å². The van der Waals surface area contributed by atoms with Crippen LogP contribution in [-0.2, 0) is 9.53 Å². The Morgan fingerprint density at radius 3 is 2.26 bits per heavy atom. The van der Waals surface area contributed by atoms with E-state index in [2.05, 4.69) is 39.3 Å². The minimum atomic E-state index is -0.507. The molecule has 0 aromatic rings. The highest BCUT2D eigenvalue weighted by Gasteiger charge is 2.22. The summed E-state index contributed by atoms with van der Waals surface area (Å²) in [6.07, 6.45) is 0.419. The van der Waals surface area contributed by atoms with Crippen molar-refractivity contribution in [2.45, 2.75) is 59.6 Å². The zero-order chi connectivity index (χ0) is 23.6. The van der Waals surface area contributed by atoms with Crippen molar-refractivity contribution >= 4 is 18.0 Å². The highest BCUT2D eigenvalue weighted by molar-refractivity contribution is 5.79. The van der Waals surface area contributed by atoms with Gasteiger partial charge in [0.25, 0.3) is 0 Å². The number of carbonyl (C=O) groups excluding carboxylic acids is 2. The molecule has 0 saturated carbocycles. The lowest BCUT2D eigenvalue weighted by molar-refractivity contribution is -0.130. The molecule has 0 bridgehead atoms. The Bertz CT molecular complexity index is 595. The monoisotopic (exact) mass is 440 g/mol. The first-order valence-corrected chi connectivity index (χ1v) is 11.3. The molecule has 1 aliphatic rings. The molecule has 1 unspecified atom stereocenters. The number of piperazine rings is 1. The van der Waals surface area contributed by atoms with Gasteiger partial charge < -0.3 is 25.2 Å². The van der Waals surface area contributed by atoms with Crippen LogP contribution in [0.2, 0.25) is 0 Å². The summed E-state index contributed by atoms with van der Waals surface area (Å²) in [6.45, 7) is 17.3. The number of guanidine groups is 1. The van der Waals surface area contributed by atoms with Crippen LogP contribution in [0, 0.1) is 5.92 Å². The predicted octanol–water partition coefficient (Wildman–Crippen LogP) is 1.60. The molecule has 9 heteroatoms. The van der Waals surface area contributed by atoms with Gasteiger partial charge in [-0.2, -0.15) is 0 Å². The fourth-order valence-electron chi connectivity index (χ4n) is 3.47. The lowest BCUT2D eigenvalue weighted by Crippen LogP contribution is -2.50. The summed E-state index contributed by atoms with van der Waals surface area (Å²) in [5, 5.41) is 6.42. The number of amides is 2. The molecule has 1 rings (SSSR count). The summed E-state index contributed by atoms with van der Waals surface area (Å²) in [5.41, 5.74) is -0.507. The standard InChI is InChI=1S/C22H44N6O3/c1-17(2)19(25-21(30)31-22(4,5)6)9-11-26(8)20(23-7)24-10-12-27-13-15-28(16-14-27)18(3)29/h17,19H,9-16H2,1-8H3,(H,23,24)(H,25,30). The highest BCUT2D eigenvalue weighted by Crippen LogP contribution is 2.11. The average molecular weight is 441 g/mol. The largest absolute Gasteiger partial charge is 0.444 e. The number of nitrogens with one attached hydrogen (secondary N) is 2. The van der Waals surface area contributed by atoms with E-state index in [4.69, 9.17) is 4.74 Å². The van der Waals surface area contributed by atoms with Crippen LogP contribution < -0.4 is 10.6 Å². The van der Waals surface area contributed by atoms with Crippen LogP contribution in [0.15, 0.2) is 4.99 Å². The maximum atomic E-state index is 12.1.